The molecule has 1 aliphatic rings. The molecule has 0 atom stereocenters. The predicted molar refractivity (Wildman–Crippen MR) is 104 cm³/mol. The molecule has 1 heteroatoms. The van der Waals surface area contributed by atoms with Gasteiger partial charge < -0.3 is 0 Å². The Morgan fingerprint density at radius 2 is 1.61 bits per heavy atom. The first-order valence-corrected chi connectivity index (χ1v) is 9.31. The van der Waals surface area contributed by atoms with Gasteiger partial charge in [-0.15, -0.1) is 11.8 Å². The number of rotatable bonds is 5. The van der Waals surface area contributed by atoms with Crippen LogP contribution in [0.5, 0.6) is 0 Å². The van der Waals surface area contributed by atoms with Crippen LogP contribution in [0.2, 0.25) is 0 Å². The number of allylic oxidation sites excluding steroid dienone is 2. The molecule has 0 saturated carbocycles. The number of fused-ring (bicyclic) bond motifs is 1. The maximum absolute atomic E-state index is 4.30. The molecule has 0 unspecified atom stereocenters. The summed E-state index contributed by atoms with van der Waals surface area (Å²) in [6, 6.07) is 15.5. The zero-order chi connectivity index (χ0) is 16.2. The average molecular weight is 321 g/mol. The van der Waals surface area contributed by atoms with E-state index in [0.29, 0.717) is 0 Å². The lowest BCUT2D eigenvalue weighted by molar-refractivity contribution is 0.889. The topological polar surface area (TPSA) is 0 Å². The Balaban J connectivity index is 1.63. The molecule has 0 aromatic heterocycles. The molecule has 0 saturated heterocycles. The summed E-state index contributed by atoms with van der Waals surface area (Å²) in [4.78, 5) is 1.45. The molecule has 2 aromatic rings. The van der Waals surface area contributed by atoms with Gasteiger partial charge >= 0.3 is 0 Å². The highest BCUT2D eigenvalue weighted by Crippen LogP contribution is 2.33. The van der Waals surface area contributed by atoms with Crippen LogP contribution in [0.4, 0.5) is 0 Å². The minimum Gasteiger partial charge on any atom is -0.126 e. The van der Waals surface area contributed by atoms with E-state index < -0.39 is 0 Å². The summed E-state index contributed by atoms with van der Waals surface area (Å²) in [5.41, 5.74) is 7.73. The first kappa shape index (κ1) is 16.1. The number of aryl methyl sites for hydroxylation is 2. The third kappa shape index (κ3) is 3.97. The fourth-order valence-corrected chi connectivity index (χ4v) is 4.01. The third-order valence-electron chi connectivity index (χ3n) is 4.51. The molecule has 0 amide bonds. The van der Waals surface area contributed by atoms with Crippen LogP contribution in [0, 0.1) is 6.92 Å². The monoisotopic (exact) mass is 320 g/mol. The van der Waals surface area contributed by atoms with E-state index in [4.69, 9.17) is 0 Å². The molecule has 2 aromatic carbocycles. The average Bonchev–Trinajstić information content (AvgIpc) is 2.59. The van der Waals surface area contributed by atoms with Crippen LogP contribution in [0.15, 0.2) is 60.5 Å². The Morgan fingerprint density at radius 3 is 2.35 bits per heavy atom. The first-order chi connectivity index (χ1) is 11.1. The zero-order valence-electron chi connectivity index (χ0n) is 13.9. The van der Waals surface area contributed by atoms with Crippen LogP contribution >= 0.6 is 11.8 Å². The molecule has 0 N–H and O–H groups in total. The van der Waals surface area contributed by atoms with Gasteiger partial charge in [0.2, 0.25) is 0 Å². The number of benzene rings is 2. The van der Waals surface area contributed by atoms with Crippen LogP contribution in [0.25, 0.3) is 11.1 Å². The minimum absolute atomic E-state index is 0.964. The largest absolute Gasteiger partial charge is 0.126 e. The minimum atomic E-state index is 0.964. The molecule has 0 radical (unpaired) electrons. The highest BCUT2D eigenvalue weighted by Gasteiger charge is 2.11. The summed E-state index contributed by atoms with van der Waals surface area (Å²) in [7, 11) is 0. The number of hydrogen-bond acceptors (Lipinski definition) is 1. The van der Waals surface area contributed by atoms with E-state index in [2.05, 4.69) is 62.5 Å². The fourth-order valence-electron chi connectivity index (χ4n) is 2.94. The number of thioether (sulfide) groups is 1. The lowest BCUT2D eigenvalue weighted by atomic mass is 9.95. The summed E-state index contributed by atoms with van der Waals surface area (Å²) in [5, 5.41) is 0. The van der Waals surface area contributed by atoms with Gasteiger partial charge in [-0.05, 0) is 72.3 Å². The van der Waals surface area contributed by atoms with Gasteiger partial charge in [0.1, 0.15) is 0 Å². The van der Waals surface area contributed by atoms with E-state index in [9.17, 15) is 0 Å². The summed E-state index contributed by atoms with van der Waals surface area (Å²) in [6.45, 7) is 10.7. The van der Waals surface area contributed by atoms with E-state index in [0.717, 1.165) is 12.8 Å². The Hall–Kier alpha value is -1.73. The SMILES string of the molecule is C=C(CCC(=C)c1ccc2c(c1)SCCC2)c1ccc(C)cc1. The molecule has 0 bridgehead atoms. The van der Waals surface area contributed by atoms with Crippen molar-refractivity contribution in [3.05, 3.63) is 77.9 Å². The molecule has 23 heavy (non-hydrogen) atoms. The molecule has 3 rings (SSSR count). The first-order valence-electron chi connectivity index (χ1n) is 8.32. The highest BCUT2D eigenvalue weighted by molar-refractivity contribution is 7.99. The van der Waals surface area contributed by atoms with Gasteiger partial charge in [-0.2, -0.15) is 0 Å². The van der Waals surface area contributed by atoms with Crippen LogP contribution in [0.3, 0.4) is 0 Å². The van der Waals surface area contributed by atoms with Gasteiger partial charge in [0.05, 0.1) is 0 Å². The van der Waals surface area contributed by atoms with Crippen molar-refractivity contribution in [2.75, 3.05) is 5.75 Å². The molecule has 1 heterocycles. The Labute approximate surface area is 144 Å². The summed E-state index contributed by atoms with van der Waals surface area (Å²) in [5.74, 6) is 1.24. The standard InChI is InChI=1S/C22H24S/c1-16-6-10-19(11-7-16)17(2)8-9-18(3)21-13-12-20-5-4-14-23-22(20)15-21/h6-7,10-13,15H,2-5,8-9,14H2,1H3. The van der Waals surface area contributed by atoms with Crippen molar-refractivity contribution in [3.8, 4) is 0 Å². The quantitative estimate of drug-likeness (QED) is 0.602. The van der Waals surface area contributed by atoms with Gasteiger partial charge in [0.25, 0.3) is 0 Å². The van der Waals surface area contributed by atoms with Crippen LogP contribution in [-0.4, -0.2) is 5.75 Å². The summed E-state index contributed by atoms with van der Waals surface area (Å²) in [6.07, 6.45) is 4.45. The van der Waals surface area contributed by atoms with E-state index in [-0.39, 0.29) is 0 Å². The second kappa shape index (κ2) is 7.23. The van der Waals surface area contributed by atoms with Crippen LogP contribution in [0.1, 0.15) is 41.5 Å². The van der Waals surface area contributed by atoms with E-state index in [1.165, 1.54) is 56.9 Å². The molecular formula is C22H24S. The van der Waals surface area contributed by atoms with Crippen molar-refractivity contribution in [3.63, 3.8) is 0 Å². The van der Waals surface area contributed by atoms with Crippen molar-refractivity contribution in [1.82, 2.24) is 0 Å². The van der Waals surface area contributed by atoms with Crippen molar-refractivity contribution in [1.29, 1.82) is 0 Å². The zero-order valence-corrected chi connectivity index (χ0v) is 14.7. The van der Waals surface area contributed by atoms with Crippen molar-refractivity contribution < 1.29 is 0 Å². The molecule has 0 aliphatic carbocycles. The summed E-state index contributed by atoms with van der Waals surface area (Å²) < 4.78 is 0. The van der Waals surface area contributed by atoms with Crippen LogP contribution in [-0.2, 0) is 6.42 Å². The fraction of sp³-hybridized carbons (Fsp3) is 0.273. The van der Waals surface area contributed by atoms with E-state index in [1.807, 2.05) is 11.8 Å². The van der Waals surface area contributed by atoms with Gasteiger partial charge in [-0.3, -0.25) is 0 Å². The van der Waals surface area contributed by atoms with E-state index >= 15 is 0 Å². The smallest absolute Gasteiger partial charge is 0.0110 e. The maximum Gasteiger partial charge on any atom is 0.0110 e. The molecule has 0 spiro atoms. The lowest BCUT2D eigenvalue weighted by Gasteiger charge is -2.17. The Kier molecular flexibility index (Phi) is 5.07. The van der Waals surface area contributed by atoms with Crippen LogP contribution < -0.4 is 0 Å². The third-order valence-corrected chi connectivity index (χ3v) is 5.70. The lowest BCUT2D eigenvalue weighted by Crippen LogP contribution is -1.99. The molecule has 1 aliphatic heterocycles. The highest BCUT2D eigenvalue weighted by atomic mass is 32.2. The maximum atomic E-state index is 4.30. The molecule has 118 valence electrons. The molecule has 0 fully saturated rings. The van der Waals surface area contributed by atoms with E-state index in [1.54, 1.807) is 0 Å². The van der Waals surface area contributed by atoms with Crippen molar-refractivity contribution in [2.45, 2.75) is 37.5 Å². The Bertz CT molecular complexity index is 722. The predicted octanol–water partition coefficient (Wildman–Crippen LogP) is 6.54. The van der Waals surface area contributed by atoms with Crippen molar-refractivity contribution in [2.24, 2.45) is 0 Å². The van der Waals surface area contributed by atoms with Gasteiger partial charge in [-0.25, -0.2) is 0 Å². The Morgan fingerprint density at radius 1 is 0.957 bits per heavy atom. The van der Waals surface area contributed by atoms with Gasteiger partial charge in [-0.1, -0.05) is 55.1 Å². The van der Waals surface area contributed by atoms with Crippen molar-refractivity contribution >= 4 is 22.9 Å². The second-order valence-electron chi connectivity index (χ2n) is 6.35. The van der Waals surface area contributed by atoms with Gasteiger partial charge in [0.15, 0.2) is 0 Å². The van der Waals surface area contributed by atoms with Gasteiger partial charge in [0, 0.05) is 4.90 Å². The summed E-state index contributed by atoms with van der Waals surface area (Å²) >= 11 is 1.98. The normalized spacial score (nSPS) is 13.4. The number of hydrogen-bond donors (Lipinski definition) is 0. The molecule has 0 nitrogen and oxygen atoms in total. The second-order valence-corrected chi connectivity index (χ2v) is 7.48. The molecular weight excluding hydrogens is 296 g/mol.